The van der Waals surface area contributed by atoms with Crippen LogP contribution in [0.4, 0.5) is 5.00 Å². The van der Waals surface area contributed by atoms with Gasteiger partial charge >= 0.3 is 0 Å². The Kier molecular flexibility index (Phi) is 5.65. The van der Waals surface area contributed by atoms with Crippen molar-refractivity contribution in [3.63, 3.8) is 0 Å². The normalized spacial score (nSPS) is 24.3. The van der Waals surface area contributed by atoms with Gasteiger partial charge in [-0.2, -0.15) is 0 Å². The second-order valence-electron chi connectivity index (χ2n) is 9.01. The van der Waals surface area contributed by atoms with E-state index >= 15 is 0 Å². The fourth-order valence-electron chi connectivity index (χ4n) is 5.52. The van der Waals surface area contributed by atoms with Gasteiger partial charge in [-0.15, -0.1) is 11.3 Å². The zero-order valence-electron chi connectivity index (χ0n) is 17.6. The molecule has 2 aromatic rings. The first-order chi connectivity index (χ1) is 15.2. The number of thiophene rings is 1. The molecular weight excluding hydrogens is 408 g/mol. The van der Waals surface area contributed by atoms with Crippen molar-refractivity contribution in [3.05, 3.63) is 51.4 Å². The van der Waals surface area contributed by atoms with Crippen LogP contribution in [0.25, 0.3) is 0 Å². The number of carbonyl (C=O) groups is 3. The van der Waals surface area contributed by atoms with E-state index in [1.54, 1.807) is 11.3 Å². The SMILES string of the molecule is O=CC1CCCCC1C(=O)Nc1sc2c(c1C(=O)NC1CCc3ccccc31)CCC2. The quantitative estimate of drug-likeness (QED) is 0.673. The van der Waals surface area contributed by atoms with Crippen LogP contribution in [0.1, 0.15) is 76.5 Å². The van der Waals surface area contributed by atoms with E-state index < -0.39 is 0 Å². The Morgan fingerprint density at radius 2 is 1.84 bits per heavy atom. The van der Waals surface area contributed by atoms with Crippen LogP contribution in [0.2, 0.25) is 0 Å². The number of rotatable bonds is 5. The van der Waals surface area contributed by atoms with E-state index in [1.807, 2.05) is 12.1 Å². The van der Waals surface area contributed by atoms with Crippen LogP contribution in [0.3, 0.4) is 0 Å². The van der Waals surface area contributed by atoms with Gasteiger partial charge in [-0.25, -0.2) is 0 Å². The summed E-state index contributed by atoms with van der Waals surface area (Å²) in [4.78, 5) is 39.1. The second-order valence-corrected chi connectivity index (χ2v) is 10.1. The van der Waals surface area contributed by atoms with Gasteiger partial charge in [0.1, 0.15) is 11.3 Å². The lowest BCUT2D eigenvalue weighted by Crippen LogP contribution is -2.33. The molecule has 31 heavy (non-hydrogen) atoms. The number of fused-ring (bicyclic) bond motifs is 2. The van der Waals surface area contributed by atoms with E-state index in [0.29, 0.717) is 10.6 Å². The summed E-state index contributed by atoms with van der Waals surface area (Å²) in [6.45, 7) is 0. The van der Waals surface area contributed by atoms with Crippen LogP contribution in [0.15, 0.2) is 24.3 Å². The van der Waals surface area contributed by atoms with Crippen molar-refractivity contribution in [3.8, 4) is 0 Å². The van der Waals surface area contributed by atoms with Crippen LogP contribution in [-0.2, 0) is 28.9 Å². The molecule has 1 aromatic heterocycles. The highest BCUT2D eigenvalue weighted by atomic mass is 32.1. The topological polar surface area (TPSA) is 75.3 Å². The number of aryl methyl sites for hydroxylation is 2. The zero-order chi connectivity index (χ0) is 21.4. The molecule has 3 atom stereocenters. The predicted molar refractivity (Wildman–Crippen MR) is 121 cm³/mol. The lowest BCUT2D eigenvalue weighted by atomic mass is 9.79. The molecule has 0 aliphatic heterocycles. The molecule has 1 heterocycles. The van der Waals surface area contributed by atoms with E-state index in [1.165, 1.54) is 16.0 Å². The first kappa shape index (κ1) is 20.4. The summed E-state index contributed by atoms with van der Waals surface area (Å²) in [7, 11) is 0. The van der Waals surface area contributed by atoms with Crippen molar-refractivity contribution in [2.45, 2.75) is 63.8 Å². The summed E-state index contributed by atoms with van der Waals surface area (Å²) < 4.78 is 0. The fourth-order valence-corrected chi connectivity index (χ4v) is 6.81. The van der Waals surface area contributed by atoms with E-state index in [4.69, 9.17) is 0 Å². The molecule has 6 heteroatoms. The molecule has 3 aliphatic rings. The maximum absolute atomic E-state index is 13.4. The predicted octanol–water partition coefficient (Wildman–Crippen LogP) is 4.60. The van der Waals surface area contributed by atoms with E-state index in [9.17, 15) is 14.4 Å². The molecule has 5 rings (SSSR count). The maximum atomic E-state index is 13.4. The minimum Gasteiger partial charge on any atom is -0.345 e. The van der Waals surface area contributed by atoms with Crippen molar-refractivity contribution in [2.75, 3.05) is 5.32 Å². The van der Waals surface area contributed by atoms with Gasteiger partial charge in [0.05, 0.1) is 11.6 Å². The Bertz CT molecular complexity index is 1030. The highest BCUT2D eigenvalue weighted by Crippen LogP contribution is 2.41. The zero-order valence-corrected chi connectivity index (χ0v) is 18.4. The third-order valence-corrected chi connectivity index (χ3v) is 8.36. The first-order valence-corrected chi connectivity index (χ1v) is 12.3. The third kappa shape index (κ3) is 3.82. The van der Waals surface area contributed by atoms with Crippen molar-refractivity contribution < 1.29 is 14.4 Å². The molecular formula is C25H28N2O3S. The summed E-state index contributed by atoms with van der Waals surface area (Å²) in [5.41, 5.74) is 4.24. The lowest BCUT2D eigenvalue weighted by Gasteiger charge is -2.26. The molecule has 1 saturated carbocycles. The molecule has 1 aromatic carbocycles. The number of hydrogen-bond acceptors (Lipinski definition) is 4. The van der Waals surface area contributed by atoms with Crippen molar-refractivity contribution >= 4 is 34.4 Å². The minimum atomic E-state index is -0.291. The second kappa shape index (κ2) is 8.58. The number of anilines is 1. The smallest absolute Gasteiger partial charge is 0.255 e. The third-order valence-electron chi connectivity index (χ3n) is 7.15. The van der Waals surface area contributed by atoms with Crippen LogP contribution in [0.5, 0.6) is 0 Å². The molecule has 5 nitrogen and oxygen atoms in total. The Morgan fingerprint density at radius 3 is 2.71 bits per heavy atom. The number of aldehydes is 1. The molecule has 0 radical (unpaired) electrons. The molecule has 2 N–H and O–H groups in total. The average molecular weight is 437 g/mol. The van der Waals surface area contributed by atoms with Gasteiger partial charge in [-0.1, -0.05) is 37.1 Å². The lowest BCUT2D eigenvalue weighted by molar-refractivity contribution is -0.126. The number of hydrogen-bond donors (Lipinski definition) is 2. The van der Waals surface area contributed by atoms with E-state index in [-0.39, 0.29) is 29.7 Å². The Balaban J connectivity index is 1.38. The van der Waals surface area contributed by atoms with Crippen molar-refractivity contribution in [2.24, 2.45) is 11.8 Å². The fraction of sp³-hybridized carbons (Fsp3) is 0.480. The van der Waals surface area contributed by atoms with Crippen molar-refractivity contribution in [1.82, 2.24) is 5.32 Å². The molecule has 1 fully saturated rings. The van der Waals surface area contributed by atoms with Gasteiger partial charge in [-0.05, 0) is 61.6 Å². The van der Waals surface area contributed by atoms with Gasteiger partial charge in [0, 0.05) is 16.7 Å². The standard InChI is InChI=1S/C25H28N2O3S/c28-14-16-7-2-4-9-18(16)23(29)27-25-22(19-10-5-11-21(19)31-25)24(30)26-20-13-12-15-6-1-3-8-17(15)20/h1,3,6,8,14,16,18,20H,2,4-5,7,9-13H2,(H,26,30)(H,27,29). The Hall–Kier alpha value is -2.47. The largest absolute Gasteiger partial charge is 0.345 e. The molecule has 3 unspecified atom stereocenters. The molecule has 0 bridgehead atoms. The number of nitrogens with one attached hydrogen (secondary N) is 2. The highest BCUT2D eigenvalue weighted by Gasteiger charge is 2.34. The maximum Gasteiger partial charge on any atom is 0.255 e. The van der Waals surface area contributed by atoms with Gasteiger partial charge < -0.3 is 15.4 Å². The highest BCUT2D eigenvalue weighted by molar-refractivity contribution is 7.17. The average Bonchev–Trinajstić information content (AvgIpc) is 3.48. The van der Waals surface area contributed by atoms with E-state index in [2.05, 4.69) is 22.8 Å². The molecule has 2 amide bonds. The van der Waals surface area contributed by atoms with Crippen LogP contribution in [-0.4, -0.2) is 18.1 Å². The van der Waals surface area contributed by atoms with Crippen LogP contribution in [0, 0.1) is 11.8 Å². The summed E-state index contributed by atoms with van der Waals surface area (Å²) in [5.74, 6) is -0.711. The minimum absolute atomic E-state index is 0.0157. The Labute approximate surface area is 186 Å². The number of benzene rings is 1. The van der Waals surface area contributed by atoms with Gasteiger partial charge in [0.15, 0.2) is 0 Å². The molecule has 0 saturated heterocycles. The van der Waals surface area contributed by atoms with Crippen LogP contribution < -0.4 is 10.6 Å². The summed E-state index contributed by atoms with van der Waals surface area (Å²) >= 11 is 1.54. The van der Waals surface area contributed by atoms with Crippen molar-refractivity contribution in [1.29, 1.82) is 0 Å². The Morgan fingerprint density at radius 1 is 1.00 bits per heavy atom. The van der Waals surface area contributed by atoms with Gasteiger partial charge in [0.25, 0.3) is 5.91 Å². The van der Waals surface area contributed by atoms with Crippen LogP contribution >= 0.6 is 11.3 Å². The molecule has 162 valence electrons. The monoisotopic (exact) mass is 436 g/mol. The summed E-state index contributed by atoms with van der Waals surface area (Å²) in [6.07, 6.45) is 9.19. The van der Waals surface area contributed by atoms with Gasteiger partial charge in [-0.3, -0.25) is 9.59 Å². The summed E-state index contributed by atoms with van der Waals surface area (Å²) in [6, 6.07) is 8.30. The van der Waals surface area contributed by atoms with Gasteiger partial charge in [0.2, 0.25) is 5.91 Å². The number of amides is 2. The summed E-state index contributed by atoms with van der Waals surface area (Å²) in [5, 5.41) is 6.96. The molecule has 3 aliphatic carbocycles. The number of carbonyl (C=O) groups excluding carboxylic acids is 3. The van der Waals surface area contributed by atoms with E-state index in [0.717, 1.165) is 69.6 Å². The first-order valence-electron chi connectivity index (χ1n) is 11.4. The molecule has 0 spiro atoms.